The van der Waals surface area contributed by atoms with Gasteiger partial charge in [-0.2, -0.15) is 0 Å². The van der Waals surface area contributed by atoms with Crippen LogP contribution in [0.1, 0.15) is 5.56 Å². The van der Waals surface area contributed by atoms with E-state index in [4.69, 9.17) is 0 Å². The molecule has 9 heavy (non-hydrogen) atoms. The molecule has 0 aliphatic carbocycles. The molecule has 0 radical (unpaired) electrons. The van der Waals surface area contributed by atoms with Crippen LogP contribution in [0.5, 0.6) is 0 Å². The second-order valence-electron chi connectivity index (χ2n) is 1.80. The molecule has 0 aromatic heterocycles. The average molecular weight is 294 g/mol. The molecule has 0 aliphatic rings. The molecule has 0 bridgehead atoms. The van der Waals surface area contributed by atoms with E-state index in [2.05, 4.69) is 0 Å². The van der Waals surface area contributed by atoms with Crippen LogP contribution in [0.15, 0.2) is 24.3 Å². The van der Waals surface area contributed by atoms with Crippen molar-refractivity contribution < 1.29 is 25.5 Å². The molecule has 0 fully saturated rings. The van der Waals surface area contributed by atoms with Crippen LogP contribution < -0.4 is 0 Å². The molecular formula is C7H7FW. The molecule has 0 saturated heterocycles. The molecule has 1 rings (SSSR count). The van der Waals surface area contributed by atoms with Gasteiger partial charge in [0.1, 0.15) is 5.82 Å². The van der Waals surface area contributed by atoms with Gasteiger partial charge in [-0.1, -0.05) is 17.7 Å². The largest absolute Gasteiger partial charge is 0.207 e. The van der Waals surface area contributed by atoms with Crippen LogP contribution >= 0.6 is 0 Å². The Labute approximate surface area is 68.3 Å². The summed E-state index contributed by atoms with van der Waals surface area (Å²) < 4.78 is 12.1. The molecule has 2 heteroatoms. The van der Waals surface area contributed by atoms with Crippen molar-refractivity contribution in [2.45, 2.75) is 6.92 Å². The predicted molar refractivity (Wildman–Crippen MR) is 31.1 cm³/mol. The first-order valence-corrected chi connectivity index (χ1v) is 2.51. The quantitative estimate of drug-likeness (QED) is 0.687. The molecule has 0 saturated carbocycles. The van der Waals surface area contributed by atoms with Gasteiger partial charge >= 0.3 is 0 Å². The van der Waals surface area contributed by atoms with E-state index in [1.54, 1.807) is 12.1 Å². The minimum Gasteiger partial charge on any atom is -0.207 e. The first kappa shape index (κ1) is 8.84. The molecule has 0 atom stereocenters. The van der Waals surface area contributed by atoms with Gasteiger partial charge in [0, 0.05) is 21.1 Å². The summed E-state index contributed by atoms with van der Waals surface area (Å²) in [7, 11) is 0. The number of aryl methyl sites for hydroxylation is 1. The third-order valence-electron chi connectivity index (χ3n) is 1.01. The van der Waals surface area contributed by atoms with Crippen molar-refractivity contribution >= 4 is 0 Å². The maximum atomic E-state index is 12.1. The summed E-state index contributed by atoms with van der Waals surface area (Å²) in [5.41, 5.74) is 1.09. The van der Waals surface area contributed by atoms with E-state index >= 15 is 0 Å². The Balaban J connectivity index is 0.000000640. The van der Waals surface area contributed by atoms with Crippen LogP contribution in [0.4, 0.5) is 4.39 Å². The van der Waals surface area contributed by atoms with Crippen molar-refractivity contribution in [1.29, 1.82) is 0 Å². The van der Waals surface area contributed by atoms with E-state index in [0.29, 0.717) is 0 Å². The van der Waals surface area contributed by atoms with Gasteiger partial charge in [-0.15, -0.1) is 0 Å². The summed E-state index contributed by atoms with van der Waals surface area (Å²) in [5.74, 6) is -0.171. The molecule has 0 amide bonds. The van der Waals surface area contributed by atoms with Crippen molar-refractivity contribution in [3.05, 3.63) is 35.6 Å². The fourth-order valence-electron chi connectivity index (χ4n) is 0.533. The molecule has 1 aromatic rings. The Morgan fingerprint density at radius 1 is 1.11 bits per heavy atom. The summed E-state index contributed by atoms with van der Waals surface area (Å²) in [6, 6.07) is 6.40. The molecule has 48 valence electrons. The van der Waals surface area contributed by atoms with Gasteiger partial charge in [0.2, 0.25) is 0 Å². The van der Waals surface area contributed by atoms with E-state index in [0.717, 1.165) is 5.56 Å². The summed E-state index contributed by atoms with van der Waals surface area (Å²) in [4.78, 5) is 0. The van der Waals surface area contributed by atoms with Gasteiger partial charge < -0.3 is 0 Å². The van der Waals surface area contributed by atoms with Gasteiger partial charge in [0.05, 0.1) is 0 Å². The Morgan fingerprint density at radius 2 is 1.56 bits per heavy atom. The summed E-state index contributed by atoms with van der Waals surface area (Å²) >= 11 is 0. The second kappa shape index (κ2) is 3.79. The molecule has 0 unspecified atom stereocenters. The summed E-state index contributed by atoms with van der Waals surface area (Å²) in [6.07, 6.45) is 0. The Hall–Kier alpha value is -0.162. The predicted octanol–water partition coefficient (Wildman–Crippen LogP) is 2.13. The fraction of sp³-hybridized carbons (Fsp3) is 0.143. The smallest absolute Gasteiger partial charge is 0.123 e. The zero-order valence-corrected chi connectivity index (χ0v) is 8.03. The van der Waals surface area contributed by atoms with Crippen molar-refractivity contribution in [2.75, 3.05) is 0 Å². The first-order chi connectivity index (χ1) is 3.79. The summed E-state index contributed by atoms with van der Waals surface area (Å²) in [6.45, 7) is 1.93. The van der Waals surface area contributed by atoms with Crippen molar-refractivity contribution in [3.63, 3.8) is 0 Å². The number of hydrogen-bond acceptors (Lipinski definition) is 0. The van der Waals surface area contributed by atoms with E-state index in [1.807, 2.05) is 6.92 Å². The molecule has 0 heterocycles. The number of hydrogen-bond donors (Lipinski definition) is 0. The number of benzene rings is 1. The molecule has 0 aliphatic heterocycles. The van der Waals surface area contributed by atoms with Crippen LogP contribution in [-0.4, -0.2) is 0 Å². The van der Waals surface area contributed by atoms with E-state index in [1.165, 1.54) is 12.1 Å². The summed E-state index contributed by atoms with van der Waals surface area (Å²) in [5, 5.41) is 0. The zero-order chi connectivity index (χ0) is 5.98. The topological polar surface area (TPSA) is 0 Å². The molecule has 1 aromatic carbocycles. The van der Waals surface area contributed by atoms with E-state index < -0.39 is 0 Å². The zero-order valence-electron chi connectivity index (χ0n) is 5.10. The normalized spacial score (nSPS) is 8.22. The van der Waals surface area contributed by atoms with Crippen LogP contribution in [-0.2, 0) is 21.1 Å². The monoisotopic (exact) mass is 294 g/mol. The van der Waals surface area contributed by atoms with E-state index in [-0.39, 0.29) is 26.9 Å². The van der Waals surface area contributed by atoms with Crippen LogP contribution in [0.25, 0.3) is 0 Å². The fourth-order valence-corrected chi connectivity index (χ4v) is 0.533. The standard InChI is InChI=1S/C7H7F.W/c1-6-2-4-7(8)5-3-6;/h2-5H,1H3;. The molecule has 0 N–H and O–H groups in total. The maximum absolute atomic E-state index is 12.1. The number of halogens is 1. The molecule has 0 spiro atoms. The van der Waals surface area contributed by atoms with Crippen LogP contribution in [0.3, 0.4) is 0 Å². The van der Waals surface area contributed by atoms with Gasteiger partial charge in [-0.25, -0.2) is 4.39 Å². The molecular weight excluding hydrogens is 287 g/mol. The van der Waals surface area contributed by atoms with Gasteiger partial charge in [-0.3, -0.25) is 0 Å². The van der Waals surface area contributed by atoms with Crippen LogP contribution in [0, 0.1) is 12.7 Å². The van der Waals surface area contributed by atoms with Crippen molar-refractivity contribution in [3.8, 4) is 0 Å². The average Bonchev–Trinajstić information content (AvgIpc) is 1.77. The Bertz CT molecular complexity index is 148. The minimum atomic E-state index is -0.171. The minimum absolute atomic E-state index is 0. The maximum Gasteiger partial charge on any atom is 0.123 e. The Kier molecular flexibility index (Phi) is 3.72. The molecule has 0 nitrogen and oxygen atoms in total. The van der Waals surface area contributed by atoms with Crippen molar-refractivity contribution in [2.24, 2.45) is 0 Å². The first-order valence-electron chi connectivity index (χ1n) is 2.51. The SMILES string of the molecule is Cc1ccc(F)cc1.[W]. The van der Waals surface area contributed by atoms with Crippen LogP contribution in [0.2, 0.25) is 0 Å². The number of rotatable bonds is 0. The second-order valence-corrected chi connectivity index (χ2v) is 1.80. The van der Waals surface area contributed by atoms with Gasteiger partial charge in [0.25, 0.3) is 0 Å². The van der Waals surface area contributed by atoms with Gasteiger partial charge in [0.15, 0.2) is 0 Å². The van der Waals surface area contributed by atoms with E-state index in [9.17, 15) is 4.39 Å². The van der Waals surface area contributed by atoms with Gasteiger partial charge in [-0.05, 0) is 19.1 Å². The third kappa shape index (κ3) is 2.76. The van der Waals surface area contributed by atoms with Crippen molar-refractivity contribution in [1.82, 2.24) is 0 Å². The Morgan fingerprint density at radius 3 is 1.89 bits per heavy atom. The third-order valence-corrected chi connectivity index (χ3v) is 1.01.